The van der Waals surface area contributed by atoms with Crippen LogP contribution in [0.1, 0.15) is 31.2 Å². The quantitative estimate of drug-likeness (QED) is 0.851. The number of rotatable bonds is 3. The summed E-state index contributed by atoms with van der Waals surface area (Å²) in [5.74, 6) is 0. The van der Waals surface area contributed by atoms with E-state index < -0.39 is 10.0 Å². The lowest BCUT2D eigenvalue weighted by Gasteiger charge is -2.24. The van der Waals surface area contributed by atoms with Crippen LogP contribution in [0.25, 0.3) is 0 Å². The summed E-state index contributed by atoms with van der Waals surface area (Å²) in [5, 5.41) is 0. The zero-order chi connectivity index (χ0) is 13.3. The van der Waals surface area contributed by atoms with Gasteiger partial charge in [0.15, 0.2) is 0 Å². The Hall–Kier alpha value is -0.390. The zero-order valence-electron chi connectivity index (χ0n) is 10.7. The van der Waals surface area contributed by atoms with Gasteiger partial charge in [0.25, 0.3) is 0 Å². The van der Waals surface area contributed by atoms with Gasteiger partial charge in [0.2, 0.25) is 10.0 Å². The second-order valence-corrected chi connectivity index (χ2v) is 7.71. The molecular weight excluding hydrogens is 314 g/mol. The van der Waals surface area contributed by atoms with Gasteiger partial charge >= 0.3 is 0 Å². The first-order valence-corrected chi connectivity index (χ1v) is 8.40. The molecule has 1 saturated carbocycles. The summed E-state index contributed by atoms with van der Waals surface area (Å²) in [6, 6.07) is 5.51. The van der Waals surface area contributed by atoms with Gasteiger partial charge in [-0.25, -0.2) is 8.42 Å². The van der Waals surface area contributed by atoms with Crippen molar-refractivity contribution < 1.29 is 8.42 Å². The van der Waals surface area contributed by atoms with Crippen LogP contribution >= 0.6 is 15.9 Å². The van der Waals surface area contributed by atoms with Crippen LogP contribution < -0.4 is 0 Å². The van der Waals surface area contributed by atoms with Gasteiger partial charge in [-0.15, -0.1) is 0 Å². The zero-order valence-corrected chi connectivity index (χ0v) is 13.1. The van der Waals surface area contributed by atoms with Crippen LogP contribution in [0.15, 0.2) is 27.6 Å². The highest BCUT2D eigenvalue weighted by Gasteiger charge is 2.31. The molecule has 0 N–H and O–H groups in total. The van der Waals surface area contributed by atoms with Gasteiger partial charge in [-0.3, -0.25) is 0 Å². The smallest absolute Gasteiger partial charge is 0.207 e. The van der Waals surface area contributed by atoms with E-state index in [9.17, 15) is 8.42 Å². The molecule has 5 heteroatoms. The van der Waals surface area contributed by atoms with Crippen molar-refractivity contribution >= 4 is 26.0 Å². The van der Waals surface area contributed by atoms with Gasteiger partial charge in [-0.2, -0.15) is 4.31 Å². The van der Waals surface area contributed by atoms with E-state index in [4.69, 9.17) is 0 Å². The summed E-state index contributed by atoms with van der Waals surface area (Å²) in [7, 11) is -1.69. The Kier molecular flexibility index (Phi) is 4.14. The molecule has 0 aliphatic heterocycles. The Morgan fingerprint density at radius 1 is 1.28 bits per heavy atom. The highest BCUT2D eigenvalue weighted by molar-refractivity contribution is 9.10. The molecule has 18 heavy (non-hydrogen) atoms. The van der Waals surface area contributed by atoms with Gasteiger partial charge in [-0.1, -0.05) is 18.9 Å². The maximum absolute atomic E-state index is 12.5. The molecule has 1 aromatic carbocycles. The maximum Gasteiger partial charge on any atom is 0.244 e. The summed E-state index contributed by atoms with van der Waals surface area (Å²) < 4.78 is 27.3. The van der Waals surface area contributed by atoms with Crippen molar-refractivity contribution in [2.45, 2.75) is 43.5 Å². The molecule has 0 bridgehead atoms. The average molecular weight is 332 g/mol. The summed E-state index contributed by atoms with van der Waals surface area (Å²) in [6.07, 6.45) is 4.19. The van der Waals surface area contributed by atoms with Crippen LogP contribution in [0.2, 0.25) is 0 Å². The maximum atomic E-state index is 12.5. The first kappa shape index (κ1) is 14.0. The minimum atomic E-state index is -3.38. The lowest BCUT2D eigenvalue weighted by Crippen LogP contribution is -2.35. The predicted molar refractivity (Wildman–Crippen MR) is 76.1 cm³/mol. The van der Waals surface area contributed by atoms with E-state index in [0.717, 1.165) is 31.2 Å². The molecule has 0 aromatic heterocycles. The average Bonchev–Trinajstić information content (AvgIpc) is 2.80. The van der Waals surface area contributed by atoms with Crippen LogP contribution in [0.4, 0.5) is 0 Å². The number of aryl methyl sites for hydroxylation is 1. The van der Waals surface area contributed by atoms with E-state index in [2.05, 4.69) is 15.9 Å². The van der Waals surface area contributed by atoms with Crippen molar-refractivity contribution in [2.75, 3.05) is 7.05 Å². The van der Waals surface area contributed by atoms with Gasteiger partial charge in [-0.05, 0) is 53.4 Å². The van der Waals surface area contributed by atoms with Crippen molar-refractivity contribution in [1.82, 2.24) is 4.31 Å². The number of sulfonamides is 1. The second-order valence-electron chi connectivity index (χ2n) is 4.89. The Balaban J connectivity index is 2.35. The molecule has 0 atom stereocenters. The molecular formula is C13H18BrNO2S. The van der Waals surface area contributed by atoms with Crippen LogP contribution in [-0.4, -0.2) is 25.8 Å². The van der Waals surface area contributed by atoms with Crippen LogP contribution in [-0.2, 0) is 10.0 Å². The fraction of sp³-hybridized carbons (Fsp3) is 0.538. The van der Waals surface area contributed by atoms with E-state index in [1.165, 1.54) is 4.31 Å². The van der Waals surface area contributed by atoms with E-state index in [1.54, 1.807) is 13.1 Å². The third-order valence-electron chi connectivity index (χ3n) is 3.58. The first-order chi connectivity index (χ1) is 8.43. The summed E-state index contributed by atoms with van der Waals surface area (Å²) in [4.78, 5) is 0.363. The van der Waals surface area contributed by atoms with Crippen molar-refractivity contribution in [2.24, 2.45) is 0 Å². The molecule has 3 nitrogen and oxygen atoms in total. The van der Waals surface area contributed by atoms with Gasteiger partial charge < -0.3 is 0 Å². The third kappa shape index (κ3) is 2.63. The Morgan fingerprint density at radius 3 is 2.44 bits per heavy atom. The molecule has 0 unspecified atom stereocenters. The Bertz CT molecular complexity index is 536. The monoisotopic (exact) mass is 331 g/mol. The molecule has 1 fully saturated rings. The van der Waals surface area contributed by atoms with E-state index >= 15 is 0 Å². The number of hydrogen-bond donors (Lipinski definition) is 0. The van der Waals surface area contributed by atoms with Gasteiger partial charge in [0.05, 0.1) is 4.90 Å². The third-order valence-corrected chi connectivity index (χ3v) is 6.47. The summed E-state index contributed by atoms with van der Waals surface area (Å²) in [6.45, 7) is 1.95. The highest BCUT2D eigenvalue weighted by Crippen LogP contribution is 2.30. The number of hydrogen-bond acceptors (Lipinski definition) is 2. The Labute approximate surface area is 117 Å². The molecule has 2 rings (SSSR count). The molecule has 100 valence electrons. The van der Waals surface area contributed by atoms with Crippen molar-refractivity contribution in [3.8, 4) is 0 Å². The van der Waals surface area contributed by atoms with Gasteiger partial charge in [0, 0.05) is 17.6 Å². The van der Waals surface area contributed by atoms with Crippen molar-refractivity contribution in [3.63, 3.8) is 0 Å². The molecule has 0 heterocycles. The first-order valence-electron chi connectivity index (χ1n) is 6.17. The number of nitrogens with zero attached hydrogens (tertiary/aromatic N) is 1. The SMILES string of the molecule is Cc1ccc(S(=O)(=O)N(C)C2CCCC2)c(Br)c1. The van der Waals surface area contributed by atoms with E-state index in [1.807, 2.05) is 19.1 Å². The molecule has 0 amide bonds. The fourth-order valence-electron chi connectivity index (χ4n) is 2.43. The minimum Gasteiger partial charge on any atom is -0.207 e. The topological polar surface area (TPSA) is 37.4 Å². The lowest BCUT2D eigenvalue weighted by molar-refractivity contribution is 0.373. The van der Waals surface area contributed by atoms with E-state index in [-0.39, 0.29) is 6.04 Å². The molecule has 0 saturated heterocycles. The molecule has 0 spiro atoms. The molecule has 0 radical (unpaired) electrons. The van der Waals surface area contributed by atoms with Crippen LogP contribution in [0, 0.1) is 6.92 Å². The fourth-order valence-corrected chi connectivity index (χ4v) is 5.00. The van der Waals surface area contributed by atoms with E-state index in [0.29, 0.717) is 9.37 Å². The lowest BCUT2D eigenvalue weighted by atomic mass is 10.2. The number of benzene rings is 1. The van der Waals surface area contributed by atoms with Crippen LogP contribution in [0.3, 0.4) is 0 Å². The molecule has 1 aliphatic carbocycles. The molecule has 1 aromatic rings. The largest absolute Gasteiger partial charge is 0.244 e. The normalized spacial score (nSPS) is 17.6. The Morgan fingerprint density at radius 2 is 1.89 bits per heavy atom. The summed E-state index contributed by atoms with van der Waals surface area (Å²) >= 11 is 3.35. The van der Waals surface area contributed by atoms with Crippen LogP contribution in [0.5, 0.6) is 0 Å². The molecule has 1 aliphatic rings. The highest BCUT2D eigenvalue weighted by atomic mass is 79.9. The van der Waals surface area contributed by atoms with Crippen molar-refractivity contribution in [1.29, 1.82) is 0 Å². The standard InChI is InChI=1S/C13H18BrNO2S/c1-10-7-8-13(12(14)9-10)18(16,17)15(2)11-5-3-4-6-11/h7-9,11H,3-6H2,1-2H3. The van der Waals surface area contributed by atoms with Gasteiger partial charge in [0.1, 0.15) is 0 Å². The summed E-state index contributed by atoms with van der Waals surface area (Å²) in [5.41, 5.74) is 1.05. The second kappa shape index (κ2) is 5.31. The van der Waals surface area contributed by atoms with Crippen molar-refractivity contribution in [3.05, 3.63) is 28.2 Å². The minimum absolute atomic E-state index is 0.156. The predicted octanol–water partition coefficient (Wildman–Crippen LogP) is 3.32. The number of halogens is 1.